The number of carbonyl (C=O) groups is 4. The van der Waals surface area contributed by atoms with Crippen LogP contribution in [0.15, 0.2) is 80.5 Å². The third kappa shape index (κ3) is 5.31. The fourth-order valence-electron chi connectivity index (χ4n) is 5.28. The molecule has 2 fully saturated rings. The molecule has 0 radical (unpaired) electrons. The van der Waals surface area contributed by atoms with Gasteiger partial charge < -0.3 is 18.9 Å². The van der Waals surface area contributed by atoms with Gasteiger partial charge in [0.15, 0.2) is 0 Å². The SMILES string of the molecule is Cc1c(NN=C2C(=O)OC(C)(C3(C)OC(=O)C(=NNc4c(C)n(C)n(-c5ccccc5)c4=O)C(=O)O3)OC2=O)c(=O)n(-c2ccccc2)n1C. The first-order valence-corrected chi connectivity index (χ1v) is 15.0. The predicted molar refractivity (Wildman–Crippen MR) is 175 cm³/mol. The molecule has 0 aliphatic carbocycles. The van der Waals surface area contributed by atoms with E-state index in [9.17, 15) is 28.8 Å². The Bertz CT molecular complexity index is 2060. The number of hydrogen-bond acceptors (Lipinski definition) is 14. The maximum absolute atomic E-state index is 13.2. The number of nitrogens with zero attached hydrogens (tertiary/aromatic N) is 6. The first-order valence-electron chi connectivity index (χ1n) is 15.0. The van der Waals surface area contributed by atoms with E-state index in [1.165, 1.54) is 9.36 Å². The molecule has 18 heteroatoms. The molecule has 0 atom stereocenters. The lowest BCUT2D eigenvalue weighted by molar-refractivity contribution is -0.350. The van der Waals surface area contributed by atoms with Crippen LogP contribution < -0.4 is 22.0 Å². The van der Waals surface area contributed by atoms with E-state index in [4.69, 9.17) is 18.9 Å². The molecular formula is C32H30N8O10. The molecule has 0 saturated carbocycles. The maximum Gasteiger partial charge on any atom is 0.369 e. The summed E-state index contributed by atoms with van der Waals surface area (Å²) in [4.78, 5) is 78.5. The van der Waals surface area contributed by atoms with Gasteiger partial charge in [-0.05, 0) is 38.1 Å². The standard InChI is InChI=1S/C32H30N8O10/c1-17-21(25(41)39(37(17)5)19-13-9-7-10-14-19)33-35-23-27(43)47-31(3,48-28(23)44)32(4)49-29(45)24(30(46)50-32)36-34-22-18(2)38(6)40(26(22)42)20-15-11-8-12-16-20/h7-16,33-34H,1-6H3. The number of ether oxygens (including phenoxy) is 4. The summed E-state index contributed by atoms with van der Waals surface area (Å²) in [6, 6.07) is 17.5. The lowest BCUT2D eigenvalue weighted by atomic mass is 10.1. The molecule has 4 aromatic rings. The highest BCUT2D eigenvalue weighted by molar-refractivity contribution is 6.64. The number of carbonyl (C=O) groups excluding carboxylic acids is 4. The zero-order chi connectivity index (χ0) is 36.1. The number of hydrazone groups is 2. The molecule has 0 amide bonds. The highest BCUT2D eigenvalue weighted by Gasteiger charge is 2.64. The topological polar surface area (TPSA) is 208 Å². The van der Waals surface area contributed by atoms with Crippen LogP contribution in [0.4, 0.5) is 11.4 Å². The van der Waals surface area contributed by atoms with Gasteiger partial charge in [0.05, 0.1) is 22.8 Å². The van der Waals surface area contributed by atoms with Crippen molar-refractivity contribution in [3.63, 3.8) is 0 Å². The van der Waals surface area contributed by atoms with Crippen LogP contribution in [0.25, 0.3) is 11.4 Å². The molecule has 0 spiro atoms. The second kappa shape index (κ2) is 12.1. The Morgan fingerprint density at radius 3 is 1.14 bits per heavy atom. The van der Waals surface area contributed by atoms with Crippen LogP contribution in [0, 0.1) is 13.8 Å². The summed E-state index contributed by atoms with van der Waals surface area (Å²) in [5.41, 5.74) is 3.99. The van der Waals surface area contributed by atoms with Crippen molar-refractivity contribution in [3.05, 3.63) is 92.8 Å². The number of hydrogen-bond donors (Lipinski definition) is 2. The van der Waals surface area contributed by atoms with Crippen molar-refractivity contribution in [2.45, 2.75) is 39.3 Å². The van der Waals surface area contributed by atoms with E-state index in [1.54, 1.807) is 98.0 Å². The van der Waals surface area contributed by atoms with E-state index in [0.29, 0.717) is 22.8 Å². The summed E-state index contributed by atoms with van der Waals surface area (Å²) in [7, 11) is 3.28. The fourth-order valence-corrected chi connectivity index (χ4v) is 5.28. The van der Waals surface area contributed by atoms with Crippen molar-refractivity contribution in [2.75, 3.05) is 10.9 Å². The smallest absolute Gasteiger partial charge is 0.369 e. The lowest BCUT2D eigenvalue weighted by Crippen LogP contribution is -2.67. The van der Waals surface area contributed by atoms with Crippen LogP contribution in [-0.2, 0) is 52.2 Å². The van der Waals surface area contributed by atoms with Crippen LogP contribution in [0.3, 0.4) is 0 Å². The molecule has 2 aliphatic heterocycles. The molecule has 6 rings (SSSR count). The van der Waals surface area contributed by atoms with Gasteiger partial charge in [0, 0.05) is 27.9 Å². The minimum Gasteiger partial charge on any atom is -0.410 e. The molecule has 2 saturated heterocycles. The van der Waals surface area contributed by atoms with Crippen LogP contribution in [-0.4, -0.2) is 65.6 Å². The van der Waals surface area contributed by atoms with Gasteiger partial charge in [-0.1, -0.05) is 36.4 Å². The minimum atomic E-state index is -2.48. The Morgan fingerprint density at radius 2 is 0.840 bits per heavy atom. The van der Waals surface area contributed by atoms with Gasteiger partial charge in [-0.2, -0.15) is 10.2 Å². The summed E-state index contributed by atoms with van der Waals surface area (Å²) >= 11 is 0. The molecule has 18 nitrogen and oxygen atoms in total. The molecule has 2 N–H and O–H groups in total. The van der Waals surface area contributed by atoms with Crippen LogP contribution >= 0.6 is 0 Å². The summed E-state index contributed by atoms with van der Waals surface area (Å²) in [6.45, 7) is 5.32. The Kier molecular flexibility index (Phi) is 8.01. The van der Waals surface area contributed by atoms with Crippen molar-refractivity contribution in [3.8, 4) is 11.4 Å². The highest BCUT2D eigenvalue weighted by atomic mass is 16.8. The molecule has 0 bridgehead atoms. The van der Waals surface area contributed by atoms with Gasteiger partial charge in [-0.25, -0.2) is 28.5 Å². The van der Waals surface area contributed by atoms with Crippen molar-refractivity contribution in [1.82, 2.24) is 18.7 Å². The maximum atomic E-state index is 13.2. The number of aromatic nitrogens is 4. The second-order valence-electron chi connectivity index (χ2n) is 11.5. The summed E-state index contributed by atoms with van der Waals surface area (Å²) in [6.07, 6.45) is 0. The van der Waals surface area contributed by atoms with Crippen LogP contribution in [0.5, 0.6) is 0 Å². The van der Waals surface area contributed by atoms with Gasteiger partial charge in [-0.15, -0.1) is 0 Å². The van der Waals surface area contributed by atoms with E-state index in [2.05, 4.69) is 21.1 Å². The van der Waals surface area contributed by atoms with E-state index >= 15 is 0 Å². The lowest BCUT2D eigenvalue weighted by Gasteiger charge is -2.44. The molecule has 2 aromatic carbocycles. The second-order valence-corrected chi connectivity index (χ2v) is 11.5. The Hall–Kier alpha value is -6.72. The largest absolute Gasteiger partial charge is 0.410 e. The summed E-state index contributed by atoms with van der Waals surface area (Å²) in [5.74, 6) is -10.3. The van der Waals surface area contributed by atoms with Crippen LogP contribution in [0.2, 0.25) is 0 Å². The zero-order valence-electron chi connectivity index (χ0n) is 27.5. The molecule has 50 heavy (non-hydrogen) atoms. The third-order valence-corrected chi connectivity index (χ3v) is 8.42. The predicted octanol–water partition coefficient (Wildman–Crippen LogP) is 1.15. The van der Waals surface area contributed by atoms with E-state index in [0.717, 1.165) is 13.8 Å². The normalized spacial score (nSPS) is 20.4. The van der Waals surface area contributed by atoms with E-state index in [1.807, 2.05) is 0 Å². The van der Waals surface area contributed by atoms with Gasteiger partial charge >= 0.3 is 35.5 Å². The molecule has 258 valence electrons. The monoisotopic (exact) mass is 686 g/mol. The minimum absolute atomic E-state index is 0.0370. The van der Waals surface area contributed by atoms with Crippen LogP contribution in [0.1, 0.15) is 25.2 Å². The first-order chi connectivity index (χ1) is 23.7. The van der Waals surface area contributed by atoms with Gasteiger partial charge in [0.1, 0.15) is 11.4 Å². The number of cyclic esters (lactones) is 4. The number of anilines is 2. The quantitative estimate of drug-likeness (QED) is 0.207. The third-order valence-electron chi connectivity index (χ3n) is 8.42. The summed E-state index contributed by atoms with van der Waals surface area (Å²) in [5, 5.41) is 7.55. The molecule has 2 aromatic heterocycles. The average molecular weight is 687 g/mol. The molecule has 2 aliphatic rings. The number of benzene rings is 2. The van der Waals surface area contributed by atoms with Gasteiger partial charge in [0.2, 0.25) is 0 Å². The fraction of sp³-hybridized carbons (Fsp3) is 0.250. The van der Waals surface area contributed by atoms with E-state index in [-0.39, 0.29) is 11.4 Å². The Morgan fingerprint density at radius 1 is 0.540 bits per heavy atom. The molecular weight excluding hydrogens is 656 g/mol. The first kappa shape index (κ1) is 33.2. The number of rotatable bonds is 7. The van der Waals surface area contributed by atoms with Crippen molar-refractivity contribution >= 4 is 46.7 Å². The van der Waals surface area contributed by atoms with Gasteiger partial charge in [-0.3, -0.25) is 29.8 Å². The van der Waals surface area contributed by atoms with Crippen molar-refractivity contribution in [1.29, 1.82) is 0 Å². The Balaban J connectivity index is 1.19. The highest BCUT2D eigenvalue weighted by Crippen LogP contribution is 2.37. The number of esters is 4. The summed E-state index contributed by atoms with van der Waals surface area (Å²) < 4.78 is 27.0. The Labute approximate surface area is 282 Å². The zero-order valence-corrected chi connectivity index (χ0v) is 27.5. The van der Waals surface area contributed by atoms with E-state index < -0.39 is 58.0 Å². The number of para-hydroxylation sites is 2. The van der Waals surface area contributed by atoms with Crippen molar-refractivity contribution < 1.29 is 38.1 Å². The van der Waals surface area contributed by atoms with Crippen molar-refractivity contribution in [2.24, 2.45) is 24.3 Å². The average Bonchev–Trinajstić information content (AvgIpc) is 3.41. The molecule has 4 heterocycles. The van der Waals surface area contributed by atoms with Gasteiger partial charge in [0.25, 0.3) is 22.5 Å². The molecule has 0 unspecified atom stereocenters. The number of nitrogens with one attached hydrogen (secondary N) is 2.